The maximum atomic E-state index is 12.8. The lowest BCUT2D eigenvalue weighted by Crippen LogP contribution is -2.55. The van der Waals surface area contributed by atoms with E-state index in [1.165, 1.54) is 0 Å². The van der Waals surface area contributed by atoms with Crippen molar-refractivity contribution in [2.45, 2.75) is 39.7 Å². The number of benzene rings is 1. The maximum Gasteiger partial charge on any atom is 0.317 e. The molecule has 8 heteroatoms. The van der Waals surface area contributed by atoms with Gasteiger partial charge in [-0.2, -0.15) is 0 Å². The molecular formula is C25H41N5O3. The molecule has 0 bridgehead atoms. The number of piperazine rings is 1. The summed E-state index contributed by atoms with van der Waals surface area (Å²) in [6, 6.07) is 8.26. The zero-order chi connectivity index (χ0) is 23.6. The maximum absolute atomic E-state index is 12.8. The van der Waals surface area contributed by atoms with Gasteiger partial charge in [-0.15, -0.1) is 0 Å². The number of para-hydroxylation sites is 1. The number of rotatable bonds is 9. The lowest BCUT2D eigenvalue weighted by molar-refractivity contribution is -0.117. The molecule has 1 aromatic rings. The number of hydrogen-bond donors (Lipinski definition) is 2. The first-order chi connectivity index (χ1) is 16.0. The summed E-state index contributed by atoms with van der Waals surface area (Å²) in [5, 5.41) is 6.20. The van der Waals surface area contributed by atoms with Crippen molar-refractivity contribution in [1.29, 1.82) is 0 Å². The molecule has 0 spiro atoms. The van der Waals surface area contributed by atoms with E-state index < -0.39 is 0 Å². The molecule has 0 aliphatic carbocycles. The molecular weight excluding hydrogens is 418 g/mol. The minimum atomic E-state index is -0.00385. The van der Waals surface area contributed by atoms with Crippen LogP contribution < -0.4 is 10.6 Å². The van der Waals surface area contributed by atoms with E-state index >= 15 is 0 Å². The number of nitrogens with zero attached hydrogens (tertiary/aromatic N) is 3. The van der Waals surface area contributed by atoms with Crippen molar-refractivity contribution in [3.63, 3.8) is 0 Å². The fraction of sp³-hybridized carbons (Fsp3) is 0.680. The Kier molecular flexibility index (Phi) is 9.96. The standard InChI is InChI=1S/C25H41N5O3/c1-4-21-7-5-6-8-23(21)27-24(31)19-28-9-11-30(12-10-28)25(32)26-18-22(17-20(2)3)29-13-15-33-16-14-29/h5-8,20,22H,4,9-19H2,1-3H3,(H,26,32)(H,27,31). The Bertz CT molecular complexity index is 758. The van der Waals surface area contributed by atoms with E-state index in [0.717, 1.165) is 50.4 Å². The molecule has 2 aliphatic rings. The average Bonchev–Trinajstić information content (AvgIpc) is 2.82. The number of ether oxygens (including phenoxy) is 1. The second-order valence-corrected chi connectivity index (χ2v) is 9.44. The SMILES string of the molecule is CCc1ccccc1NC(=O)CN1CCN(C(=O)NCC(CC(C)C)N2CCOCC2)CC1. The molecule has 8 nitrogen and oxygen atoms in total. The Morgan fingerprint density at radius 2 is 1.73 bits per heavy atom. The molecule has 0 aromatic heterocycles. The van der Waals surface area contributed by atoms with Crippen LogP contribution in [0.2, 0.25) is 0 Å². The lowest BCUT2D eigenvalue weighted by atomic mass is 10.0. The minimum absolute atomic E-state index is 0.00186. The van der Waals surface area contributed by atoms with Gasteiger partial charge in [0.2, 0.25) is 5.91 Å². The van der Waals surface area contributed by atoms with Crippen molar-refractivity contribution in [2.24, 2.45) is 5.92 Å². The van der Waals surface area contributed by atoms with Crippen LogP contribution in [0.5, 0.6) is 0 Å². The van der Waals surface area contributed by atoms with Crippen LogP contribution in [0.25, 0.3) is 0 Å². The van der Waals surface area contributed by atoms with Crippen LogP contribution in [-0.4, -0.2) is 98.3 Å². The third kappa shape index (κ3) is 7.98. The summed E-state index contributed by atoms with van der Waals surface area (Å²) in [7, 11) is 0. The third-order valence-electron chi connectivity index (χ3n) is 6.49. The van der Waals surface area contributed by atoms with Crippen LogP contribution in [0.4, 0.5) is 10.5 Å². The first-order valence-electron chi connectivity index (χ1n) is 12.4. The van der Waals surface area contributed by atoms with E-state index in [9.17, 15) is 9.59 Å². The summed E-state index contributed by atoms with van der Waals surface area (Å²) < 4.78 is 5.49. The van der Waals surface area contributed by atoms with Gasteiger partial charge in [0.15, 0.2) is 0 Å². The number of aryl methyl sites for hydroxylation is 1. The molecule has 0 saturated carbocycles. The predicted octanol–water partition coefficient (Wildman–Crippen LogP) is 2.26. The normalized spacial score (nSPS) is 18.8. The van der Waals surface area contributed by atoms with Gasteiger partial charge in [-0.05, 0) is 30.4 Å². The van der Waals surface area contributed by atoms with Gasteiger partial charge in [-0.25, -0.2) is 4.79 Å². The van der Waals surface area contributed by atoms with Crippen molar-refractivity contribution in [2.75, 3.05) is 70.9 Å². The number of carbonyl (C=O) groups excluding carboxylic acids is 2. The summed E-state index contributed by atoms with van der Waals surface area (Å²) in [6.07, 6.45) is 1.94. The molecule has 2 saturated heterocycles. The highest BCUT2D eigenvalue weighted by atomic mass is 16.5. The number of carbonyl (C=O) groups is 2. The summed E-state index contributed by atoms with van der Waals surface area (Å²) in [5.74, 6) is 0.574. The molecule has 1 unspecified atom stereocenters. The molecule has 33 heavy (non-hydrogen) atoms. The van der Waals surface area contributed by atoms with E-state index in [2.05, 4.69) is 41.2 Å². The monoisotopic (exact) mass is 459 g/mol. The van der Waals surface area contributed by atoms with Gasteiger partial charge in [0.25, 0.3) is 0 Å². The Labute approximate surface area is 198 Å². The topological polar surface area (TPSA) is 77.2 Å². The minimum Gasteiger partial charge on any atom is -0.379 e. The van der Waals surface area contributed by atoms with Crippen molar-refractivity contribution in [1.82, 2.24) is 20.0 Å². The summed E-state index contributed by atoms with van der Waals surface area (Å²) in [5.41, 5.74) is 2.03. The first kappa shape index (κ1) is 25.5. The first-order valence-corrected chi connectivity index (χ1v) is 12.4. The van der Waals surface area contributed by atoms with Gasteiger partial charge in [-0.1, -0.05) is 39.0 Å². The number of morpholine rings is 1. The summed E-state index contributed by atoms with van der Waals surface area (Å²) in [6.45, 7) is 13.6. The number of urea groups is 1. The highest BCUT2D eigenvalue weighted by molar-refractivity contribution is 5.93. The quantitative estimate of drug-likeness (QED) is 0.592. The predicted molar refractivity (Wildman–Crippen MR) is 131 cm³/mol. The number of nitrogens with one attached hydrogen (secondary N) is 2. The highest BCUT2D eigenvalue weighted by Crippen LogP contribution is 2.16. The lowest BCUT2D eigenvalue weighted by Gasteiger charge is -2.37. The largest absolute Gasteiger partial charge is 0.379 e. The van der Waals surface area contributed by atoms with Gasteiger partial charge in [-0.3, -0.25) is 14.6 Å². The Hall–Kier alpha value is -2.16. The van der Waals surface area contributed by atoms with Crippen molar-refractivity contribution in [3.8, 4) is 0 Å². The second kappa shape index (κ2) is 12.9. The van der Waals surface area contributed by atoms with Crippen molar-refractivity contribution < 1.29 is 14.3 Å². The van der Waals surface area contributed by atoms with Crippen LogP contribution in [0, 0.1) is 5.92 Å². The molecule has 1 atom stereocenters. The van der Waals surface area contributed by atoms with Crippen LogP contribution in [-0.2, 0) is 16.0 Å². The van der Waals surface area contributed by atoms with Gasteiger partial charge in [0.05, 0.1) is 19.8 Å². The van der Waals surface area contributed by atoms with Crippen molar-refractivity contribution >= 4 is 17.6 Å². The molecule has 184 valence electrons. The Morgan fingerprint density at radius 3 is 2.39 bits per heavy atom. The molecule has 1 aromatic carbocycles. The Balaban J connectivity index is 1.41. The summed E-state index contributed by atoms with van der Waals surface area (Å²) >= 11 is 0. The van der Waals surface area contributed by atoms with E-state index in [1.807, 2.05) is 29.2 Å². The van der Waals surface area contributed by atoms with Crippen LogP contribution in [0.15, 0.2) is 24.3 Å². The van der Waals surface area contributed by atoms with Gasteiger partial charge in [0.1, 0.15) is 0 Å². The molecule has 2 N–H and O–H groups in total. The molecule has 2 aliphatic heterocycles. The highest BCUT2D eigenvalue weighted by Gasteiger charge is 2.26. The second-order valence-electron chi connectivity index (χ2n) is 9.44. The van der Waals surface area contributed by atoms with E-state index in [4.69, 9.17) is 4.74 Å². The van der Waals surface area contributed by atoms with Gasteiger partial charge < -0.3 is 20.3 Å². The molecule has 3 amide bonds. The van der Waals surface area contributed by atoms with Crippen LogP contribution >= 0.6 is 0 Å². The van der Waals surface area contributed by atoms with Gasteiger partial charge in [0, 0.05) is 57.5 Å². The zero-order valence-electron chi connectivity index (χ0n) is 20.5. The van der Waals surface area contributed by atoms with E-state index in [0.29, 0.717) is 51.2 Å². The fourth-order valence-electron chi connectivity index (χ4n) is 4.62. The van der Waals surface area contributed by atoms with E-state index in [-0.39, 0.29) is 11.9 Å². The molecule has 3 rings (SSSR count). The molecule has 0 radical (unpaired) electrons. The average molecular weight is 460 g/mol. The smallest absolute Gasteiger partial charge is 0.317 e. The van der Waals surface area contributed by atoms with E-state index in [1.54, 1.807) is 0 Å². The zero-order valence-corrected chi connectivity index (χ0v) is 20.5. The molecule has 2 fully saturated rings. The summed E-state index contributed by atoms with van der Waals surface area (Å²) in [4.78, 5) is 31.7. The fourth-order valence-corrected chi connectivity index (χ4v) is 4.62. The van der Waals surface area contributed by atoms with Crippen LogP contribution in [0.1, 0.15) is 32.8 Å². The number of hydrogen-bond acceptors (Lipinski definition) is 5. The van der Waals surface area contributed by atoms with Crippen molar-refractivity contribution in [3.05, 3.63) is 29.8 Å². The number of anilines is 1. The van der Waals surface area contributed by atoms with Crippen LogP contribution in [0.3, 0.4) is 0 Å². The Morgan fingerprint density at radius 1 is 1.03 bits per heavy atom. The number of amides is 3. The third-order valence-corrected chi connectivity index (χ3v) is 6.49. The molecule has 2 heterocycles. The van der Waals surface area contributed by atoms with Gasteiger partial charge >= 0.3 is 6.03 Å².